The van der Waals surface area contributed by atoms with E-state index in [2.05, 4.69) is 34.3 Å². The third-order valence-corrected chi connectivity index (χ3v) is 4.68. The normalized spacial score (nSPS) is 11.1. The number of hydrogen-bond acceptors (Lipinski definition) is 2. The molecule has 0 amide bonds. The molecule has 0 unspecified atom stereocenters. The number of thiophene rings is 1. The van der Waals surface area contributed by atoms with Crippen molar-refractivity contribution in [1.29, 1.82) is 0 Å². The Bertz CT molecular complexity index is 423. The second kappa shape index (κ2) is 4.44. The van der Waals surface area contributed by atoms with Crippen LogP contribution >= 0.6 is 50.6 Å². The standard InChI is InChI=1S/C10H8BrClS2/c1-13-8-4-9-6(2-7(8)5-11)3-10(12)14-9/h2-4H,5H2,1H3. The Morgan fingerprint density at radius 1 is 1.43 bits per heavy atom. The Hall–Kier alpha value is 0.300. The summed E-state index contributed by atoms with van der Waals surface area (Å²) in [5, 5.41) is 2.14. The first-order valence-electron chi connectivity index (χ1n) is 4.06. The molecule has 1 heterocycles. The predicted octanol–water partition coefficient (Wildman–Crippen LogP) is 5.17. The van der Waals surface area contributed by atoms with Gasteiger partial charge in [-0.3, -0.25) is 0 Å². The minimum Gasteiger partial charge on any atom is -0.129 e. The van der Waals surface area contributed by atoms with Crippen molar-refractivity contribution < 1.29 is 0 Å². The van der Waals surface area contributed by atoms with Crippen LogP contribution in [0.2, 0.25) is 4.34 Å². The lowest BCUT2D eigenvalue weighted by Crippen LogP contribution is -1.81. The maximum absolute atomic E-state index is 5.97. The van der Waals surface area contributed by atoms with Crippen LogP contribution in [0, 0.1) is 0 Å². The van der Waals surface area contributed by atoms with E-state index in [-0.39, 0.29) is 0 Å². The molecule has 0 saturated carbocycles. The first-order valence-corrected chi connectivity index (χ1v) is 7.60. The Labute approximate surface area is 105 Å². The number of fused-ring (bicyclic) bond motifs is 1. The summed E-state index contributed by atoms with van der Waals surface area (Å²) in [6, 6.07) is 6.45. The molecule has 0 aliphatic carbocycles. The molecule has 4 heteroatoms. The molecule has 1 aromatic carbocycles. The molecule has 0 bridgehead atoms. The van der Waals surface area contributed by atoms with Crippen molar-refractivity contribution >= 4 is 60.7 Å². The van der Waals surface area contributed by atoms with E-state index < -0.39 is 0 Å². The van der Waals surface area contributed by atoms with E-state index >= 15 is 0 Å². The number of rotatable bonds is 2. The molecular weight excluding hydrogens is 300 g/mol. The summed E-state index contributed by atoms with van der Waals surface area (Å²) in [4.78, 5) is 1.33. The van der Waals surface area contributed by atoms with Crippen molar-refractivity contribution in [2.45, 2.75) is 10.2 Å². The van der Waals surface area contributed by atoms with Crippen LogP contribution in [0.5, 0.6) is 0 Å². The number of thioether (sulfide) groups is 1. The van der Waals surface area contributed by atoms with Gasteiger partial charge >= 0.3 is 0 Å². The van der Waals surface area contributed by atoms with Gasteiger partial charge in [-0.1, -0.05) is 27.5 Å². The van der Waals surface area contributed by atoms with Crippen LogP contribution in [-0.4, -0.2) is 6.26 Å². The largest absolute Gasteiger partial charge is 0.129 e. The van der Waals surface area contributed by atoms with Crippen molar-refractivity contribution in [3.8, 4) is 0 Å². The maximum Gasteiger partial charge on any atom is 0.0940 e. The third kappa shape index (κ3) is 1.96. The SMILES string of the molecule is CSc1cc2sc(Cl)cc2cc1CBr. The maximum atomic E-state index is 5.97. The number of halogens is 2. The third-order valence-electron chi connectivity index (χ3n) is 2.03. The highest BCUT2D eigenvalue weighted by atomic mass is 79.9. The summed E-state index contributed by atoms with van der Waals surface area (Å²) in [7, 11) is 0. The predicted molar refractivity (Wildman–Crippen MR) is 71.2 cm³/mol. The Balaban J connectivity index is 2.68. The van der Waals surface area contributed by atoms with Gasteiger partial charge in [0.05, 0.1) is 4.34 Å². The van der Waals surface area contributed by atoms with Crippen molar-refractivity contribution in [2.75, 3.05) is 6.26 Å². The van der Waals surface area contributed by atoms with Gasteiger partial charge in [-0.05, 0) is 35.4 Å². The van der Waals surface area contributed by atoms with Gasteiger partial charge < -0.3 is 0 Å². The molecule has 0 aliphatic heterocycles. The first-order chi connectivity index (χ1) is 6.74. The lowest BCUT2D eigenvalue weighted by atomic mass is 10.2. The minimum absolute atomic E-state index is 0.860. The fraction of sp³-hybridized carbons (Fsp3) is 0.200. The van der Waals surface area contributed by atoms with Crippen LogP contribution in [0.3, 0.4) is 0 Å². The van der Waals surface area contributed by atoms with E-state index in [9.17, 15) is 0 Å². The molecule has 0 atom stereocenters. The van der Waals surface area contributed by atoms with Crippen LogP contribution in [0.4, 0.5) is 0 Å². The second-order valence-electron chi connectivity index (χ2n) is 2.89. The molecule has 0 saturated heterocycles. The quantitative estimate of drug-likeness (QED) is 0.545. The first kappa shape index (κ1) is 10.8. The molecule has 0 N–H and O–H groups in total. The minimum atomic E-state index is 0.860. The van der Waals surface area contributed by atoms with E-state index in [0.29, 0.717) is 0 Å². The van der Waals surface area contributed by atoms with E-state index in [0.717, 1.165) is 9.67 Å². The monoisotopic (exact) mass is 306 g/mol. The summed E-state index contributed by atoms with van der Waals surface area (Å²) < 4.78 is 2.13. The van der Waals surface area contributed by atoms with E-state index in [1.165, 1.54) is 20.5 Å². The molecule has 1 aromatic heterocycles. The Morgan fingerprint density at radius 2 is 2.21 bits per heavy atom. The number of benzene rings is 1. The molecule has 2 rings (SSSR count). The Morgan fingerprint density at radius 3 is 2.86 bits per heavy atom. The zero-order valence-electron chi connectivity index (χ0n) is 7.51. The molecule has 0 fully saturated rings. The summed E-state index contributed by atoms with van der Waals surface area (Å²) in [6.45, 7) is 0. The summed E-state index contributed by atoms with van der Waals surface area (Å²) >= 11 is 12.9. The van der Waals surface area contributed by atoms with Crippen molar-refractivity contribution in [1.82, 2.24) is 0 Å². The lowest BCUT2D eigenvalue weighted by Gasteiger charge is -2.03. The summed E-state index contributed by atoms with van der Waals surface area (Å²) in [5.74, 6) is 0. The highest BCUT2D eigenvalue weighted by molar-refractivity contribution is 9.08. The van der Waals surface area contributed by atoms with Gasteiger partial charge in [0.1, 0.15) is 0 Å². The molecule has 0 nitrogen and oxygen atoms in total. The average Bonchev–Trinajstić information content (AvgIpc) is 2.54. The fourth-order valence-electron chi connectivity index (χ4n) is 1.38. The lowest BCUT2D eigenvalue weighted by molar-refractivity contribution is 1.31. The Kier molecular flexibility index (Phi) is 3.42. The van der Waals surface area contributed by atoms with Gasteiger partial charge in [-0.25, -0.2) is 0 Å². The molecule has 14 heavy (non-hydrogen) atoms. The van der Waals surface area contributed by atoms with Gasteiger partial charge in [0, 0.05) is 14.9 Å². The van der Waals surface area contributed by atoms with E-state index in [1.807, 2.05) is 6.07 Å². The zero-order valence-corrected chi connectivity index (χ0v) is 11.5. The van der Waals surface area contributed by atoms with Crippen LogP contribution in [0.15, 0.2) is 23.1 Å². The van der Waals surface area contributed by atoms with Crippen molar-refractivity contribution in [2.24, 2.45) is 0 Å². The molecule has 74 valence electrons. The van der Waals surface area contributed by atoms with Crippen LogP contribution < -0.4 is 0 Å². The molecule has 0 spiro atoms. The topological polar surface area (TPSA) is 0 Å². The number of alkyl halides is 1. The summed E-state index contributed by atoms with van der Waals surface area (Å²) in [5.41, 5.74) is 1.33. The second-order valence-corrected chi connectivity index (χ2v) is 6.01. The highest BCUT2D eigenvalue weighted by Crippen LogP contribution is 2.34. The van der Waals surface area contributed by atoms with Gasteiger partial charge in [0.25, 0.3) is 0 Å². The van der Waals surface area contributed by atoms with Crippen LogP contribution in [0.1, 0.15) is 5.56 Å². The highest BCUT2D eigenvalue weighted by Gasteiger charge is 2.05. The van der Waals surface area contributed by atoms with Gasteiger partial charge in [-0.2, -0.15) is 0 Å². The molecular formula is C10H8BrClS2. The molecule has 2 aromatic rings. The zero-order chi connectivity index (χ0) is 10.1. The smallest absolute Gasteiger partial charge is 0.0940 e. The molecule has 0 radical (unpaired) electrons. The van der Waals surface area contributed by atoms with Crippen molar-refractivity contribution in [3.05, 3.63) is 28.1 Å². The molecule has 0 aliphatic rings. The van der Waals surface area contributed by atoms with Crippen LogP contribution in [0.25, 0.3) is 10.1 Å². The van der Waals surface area contributed by atoms with Gasteiger partial charge in [-0.15, -0.1) is 23.1 Å². The average molecular weight is 308 g/mol. The summed E-state index contributed by atoms with van der Waals surface area (Å²) in [6.07, 6.45) is 2.10. The van der Waals surface area contributed by atoms with E-state index in [4.69, 9.17) is 11.6 Å². The fourth-order valence-corrected chi connectivity index (χ4v) is 3.91. The van der Waals surface area contributed by atoms with E-state index in [1.54, 1.807) is 23.1 Å². The van der Waals surface area contributed by atoms with Gasteiger partial charge in [0.15, 0.2) is 0 Å². The number of hydrogen-bond donors (Lipinski definition) is 0. The van der Waals surface area contributed by atoms with Crippen LogP contribution in [-0.2, 0) is 5.33 Å². The van der Waals surface area contributed by atoms with Crippen molar-refractivity contribution in [3.63, 3.8) is 0 Å². The van der Waals surface area contributed by atoms with Gasteiger partial charge in [0.2, 0.25) is 0 Å².